The summed E-state index contributed by atoms with van der Waals surface area (Å²) in [5.74, 6) is 2.69. The third-order valence-corrected chi connectivity index (χ3v) is 8.77. The van der Waals surface area contributed by atoms with Crippen molar-refractivity contribution in [1.29, 1.82) is 0 Å². The third-order valence-electron chi connectivity index (χ3n) is 7.71. The van der Waals surface area contributed by atoms with E-state index in [-0.39, 0.29) is 0 Å². The van der Waals surface area contributed by atoms with Gasteiger partial charge in [-0.05, 0) is 61.7 Å². The number of nitrogens with zero attached hydrogens (tertiary/aromatic N) is 12. The van der Waals surface area contributed by atoms with Crippen LogP contribution < -0.4 is 0 Å². The minimum atomic E-state index is 0.378. The van der Waals surface area contributed by atoms with Crippen LogP contribution in [0.5, 0.6) is 0 Å². The maximum absolute atomic E-state index is 5.50. The quantitative estimate of drug-likeness (QED) is 0.102. The van der Waals surface area contributed by atoms with Crippen LogP contribution in [0.25, 0.3) is 0 Å². The van der Waals surface area contributed by atoms with E-state index >= 15 is 0 Å². The first kappa shape index (κ1) is 38.4. The molecule has 16 nitrogen and oxygen atoms in total. The summed E-state index contributed by atoms with van der Waals surface area (Å²) < 4.78 is 7.97. The average molecular weight is 871 g/mol. The Labute approximate surface area is 336 Å². The number of halogens is 2. The van der Waals surface area contributed by atoms with Crippen molar-refractivity contribution >= 4 is 94.1 Å². The van der Waals surface area contributed by atoms with Crippen molar-refractivity contribution in [3.63, 3.8) is 0 Å². The Balaban J connectivity index is 0.00000155. The summed E-state index contributed by atoms with van der Waals surface area (Å²) in [6, 6.07) is 15.5. The summed E-state index contributed by atoms with van der Waals surface area (Å²) >= 11 is 22.6. The molecular weight excluding hydrogens is 842 g/mol. The van der Waals surface area contributed by atoms with Gasteiger partial charge in [-0.1, -0.05) is 48.5 Å². The van der Waals surface area contributed by atoms with Crippen molar-refractivity contribution in [2.24, 2.45) is 20.4 Å². The molecule has 23 heteroatoms. The van der Waals surface area contributed by atoms with Crippen molar-refractivity contribution in [1.82, 2.24) is 59.5 Å². The number of nitrogens with one attached hydrogen (secondary N) is 4. The number of H-pyrrole nitrogens is 4. The van der Waals surface area contributed by atoms with Crippen LogP contribution in [0.2, 0.25) is 0 Å². The Hall–Kier alpha value is -4.37. The molecule has 0 radical (unpaired) electrons. The minimum absolute atomic E-state index is 0.378. The van der Waals surface area contributed by atoms with Crippen LogP contribution in [0.3, 0.4) is 0 Å². The molecule has 2 aromatic carbocycles. The van der Waals surface area contributed by atoms with Crippen molar-refractivity contribution in [2.45, 2.75) is 38.5 Å². The van der Waals surface area contributed by atoms with Gasteiger partial charge in [0.05, 0.1) is 24.9 Å². The molecule has 276 valence electrons. The Morgan fingerprint density at radius 1 is 0.453 bits per heavy atom. The summed E-state index contributed by atoms with van der Waals surface area (Å²) in [6.07, 6.45) is 10.5. The fraction of sp³-hybridized carbons (Fsp3) is 0.200. The van der Waals surface area contributed by atoms with E-state index in [0.29, 0.717) is 93.6 Å². The molecule has 0 aliphatic carbocycles. The van der Waals surface area contributed by atoms with Gasteiger partial charge in [-0.3, -0.25) is 20.4 Å². The summed E-state index contributed by atoms with van der Waals surface area (Å²) in [6.45, 7) is 0. The van der Waals surface area contributed by atoms with Crippen LogP contribution in [0.15, 0.2) is 68.9 Å². The van der Waals surface area contributed by atoms with E-state index in [1.165, 1.54) is 0 Å². The Morgan fingerprint density at radius 3 is 0.906 bits per heavy atom. The van der Waals surface area contributed by atoms with Gasteiger partial charge >= 0.3 is 33.0 Å². The second-order valence-electron chi connectivity index (χ2n) is 11.0. The van der Waals surface area contributed by atoms with Gasteiger partial charge in [0.25, 0.3) is 0 Å². The number of fused-ring (bicyclic) bond motifs is 6. The van der Waals surface area contributed by atoms with Gasteiger partial charge in [0, 0.05) is 47.9 Å². The number of benzene rings is 2. The molecule has 0 saturated carbocycles. The van der Waals surface area contributed by atoms with Crippen LogP contribution in [0.4, 0.5) is 0 Å². The van der Waals surface area contributed by atoms with Crippen LogP contribution in [-0.4, -0.2) is 84.4 Å². The monoisotopic (exact) mass is 868 g/mol. The zero-order chi connectivity index (χ0) is 37.2. The molecule has 4 aromatic heterocycles. The van der Waals surface area contributed by atoms with E-state index in [9.17, 15) is 0 Å². The Kier molecular flexibility index (Phi) is 13.5. The topological polar surface area (TPSA) is 184 Å². The van der Waals surface area contributed by atoms with Crippen LogP contribution in [0, 0.1) is 19.1 Å². The first-order valence-electron chi connectivity index (χ1n) is 15.7. The van der Waals surface area contributed by atoms with Gasteiger partial charge in [0.15, 0.2) is 23.3 Å². The Morgan fingerprint density at radius 2 is 0.679 bits per heavy atom. The molecule has 0 saturated heterocycles. The van der Waals surface area contributed by atoms with Gasteiger partial charge in [-0.25, -0.2) is 0 Å². The van der Waals surface area contributed by atoms with E-state index < -0.39 is 0 Å². The molecule has 53 heavy (non-hydrogen) atoms. The van der Waals surface area contributed by atoms with E-state index in [0.717, 1.165) is 22.3 Å². The molecule has 0 atom stereocenters. The van der Waals surface area contributed by atoms with E-state index in [4.69, 9.17) is 69.3 Å². The molecule has 0 amide bonds. The second-order valence-corrected chi connectivity index (χ2v) is 14.2. The first-order chi connectivity index (χ1) is 25.9. The number of aromatic nitrogens is 12. The summed E-state index contributed by atoms with van der Waals surface area (Å²) in [4.78, 5) is 0. The molecule has 5 heterocycles. The predicted molar refractivity (Wildman–Crippen MR) is 210 cm³/mol. The fourth-order valence-electron chi connectivity index (χ4n) is 5.20. The van der Waals surface area contributed by atoms with Crippen molar-refractivity contribution in [3.05, 3.63) is 113 Å². The zero-order valence-electron chi connectivity index (χ0n) is 27.2. The molecular formula is C30H28Cl2N16NiS4. The fourth-order valence-corrected chi connectivity index (χ4v) is 5.99. The van der Waals surface area contributed by atoms with E-state index in [1.54, 1.807) is 43.6 Å². The van der Waals surface area contributed by atoms with E-state index in [1.807, 2.05) is 48.5 Å². The van der Waals surface area contributed by atoms with Gasteiger partial charge in [-0.15, -0.1) is 0 Å². The standard InChI is InChI=1S/C30H28N16S4.2ClH.Ni/c47-27-39-35-23-11-5-13-25-37-41-29(49)45(25)33-17-21-9-3-4-10-22(21)18-34-46-26(38-42-30(46)50)14-6-12-24-36-40-28(48)44(24)32-16-20-8-2-1-7-19(20)15-31-43(23)27;;;/h1-4,7-10,15-18H,5-6,11-14H2,(H,39,47)(H,40,48)(H,41,49)(H,42,50);2*1H;/q;;;+2/p-2/b31-15+,32-16+,33-17+,34-18+;;;. The van der Waals surface area contributed by atoms with Gasteiger partial charge in [0.2, 0.25) is 19.1 Å². The summed E-state index contributed by atoms with van der Waals surface area (Å²) in [5, 5.41) is 47.7. The Bertz CT molecular complexity index is 2200. The molecule has 0 unspecified atom stereocenters. The first-order valence-corrected chi connectivity index (χ1v) is 20.0. The number of rotatable bonds is 0. The molecule has 6 aromatic rings. The molecule has 4 N–H and O–H groups in total. The summed E-state index contributed by atoms with van der Waals surface area (Å²) in [7, 11) is 9.40. The predicted octanol–water partition coefficient (Wildman–Crippen LogP) is 6.27. The van der Waals surface area contributed by atoms with E-state index in [2.05, 4.69) is 61.2 Å². The maximum atomic E-state index is 5.50. The molecule has 1 aliphatic heterocycles. The van der Waals surface area contributed by atoms with Crippen LogP contribution in [0.1, 0.15) is 58.4 Å². The van der Waals surface area contributed by atoms with Gasteiger partial charge in [0.1, 0.15) is 0 Å². The van der Waals surface area contributed by atoms with Crippen LogP contribution in [-0.2, 0) is 38.3 Å². The van der Waals surface area contributed by atoms with Crippen molar-refractivity contribution < 1.29 is 12.7 Å². The van der Waals surface area contributed by atoms with Crippen molar-refractivity contribution in [2.75, 3.05) is 0 Å². The summed E-state index contributed by atoms with van der Waals surface area (Å²) in [5.41, 5.74) is 3.28. The molecule has 0 bridgehead atoms. The van der Waals surface area contributed by atoms with Gasteiger partial charge < -0.3 is 0 Å². The molecule has 7 rings (SSSR count). The second kappa shape index (κ2) is 18.6. The number of hydrogen-bond acceptors (Lipinski definition) is 12. The van der Waals surface area contributed by atoms with Crippen LogP contribution >= 0.6 is 69.3 Å². The number of aromatic amines is 4. The van der Waals surface area contributed by atoms with Crippen molar-refractivity contribution in [3.8, 4) is 0 Å². The molecule has 1 aliphatic rings. The zero-order valence-corrected chi connectivity index (χ0v) is 33.0. The number of aryl methyl sites for hydroxylation is 4. The molecule has 0 spiro atoms. The average Bonchev–Trinajstić information content (AvgIpc) is 3.91. The number of hydrogen-bond donors (Lipinski definition) is 4. The van der Waals surface area contributed by atoms with Gasteiger partial charge in [-0.2, -0.15) is 59.5 Å². The normalized spacial score (nSPS) is 16.0. The SMILES string of the molecule is S=c1[nH]nc2n1/N=C/c1ccccc1/C=N/n1c(n[nH]c1=S)CCCc1n[nH]c(=S)n1/N=C/c1ccccc1/C=N/n1c(n[nH]c1=S)CCC2.[Cl][Ni][Cl]. The molecule has 0 fully saturated rings. The third kappa shape index (κ3) is 9.60.